The second-order valence-electron chi connectivity index (χ2n) is 6.57. The Hall–Kier alpha value is -2.14. The van der Waals surface area contributed by atoms with Crippen LogP contribution in [0.5, 0.6) is 0 Å². The number of hydrazine groups is 1. The number of hydrogen-bond acceptors (Lipinski definition) is 3. The maximum absolute atomic E-state index is 12.2. The van der Waals surface area contributed by atoms with Crippen molar-refractivity contribution in [3.63, 3.8) is 0 Å². The molecule has 0 unspecified atom stereocenters. The lowest BCUT2D eigenvalue weighted by atomic mass is 9.90. The molecule has 0 fully saturated rings. The van der Waals surface area contributed by atoms with Crippen LogP contribution in [0.3, 0.4) is 0 Å². The van der Waals surface area contributed by atoms with Crippen LogP contribution in [-0.4, -0.2) is 11.8 Å². The highest BCUT2D eigenvalue weighted by Crippen LogP contribution is 2.32. The van der Waals surface area contributed by atoms with Crippen LogP contribution in [0.15, 0.2) is 30.3 Å². The molecular weight excluding hydrogens is 320 g/mol. The zero-order valence-corrected chi connectivity index (χ0v) is 14.8. The van der Waals surface area contributed by atoms with Crippen molar-refractivity contribution in [3.8, 4) is 0 Å². The number of hydrogen-bond donors (Lipinski definition) is 2. The molecule has 24 heavy (non-hydrogen) atoms. The van der Waals surface area contributed by atoms with Gasteiger partial charge in [0.25, 0.3) is 5.91 Å². The van der Waals surface area contributed by atoms with Crippen LogP contribution < -0.4 is 10.9 Å². The van der Waals surface area contributed by atoms with Gasteiger partial charge >= 0.3 is 0 Å². The standard InChI is InChI=1S/C19H22N2O2S/c1-12-3-6-14(7-4-12)10-18(22)20-21-19(23)17-11-15-9-13(2)5-8-16(15)24-17/h3-4,6-7,11,13H,5,8-10H2,1-2H3,(H,20,22)(H,21,23)/t13-/m0/s1. The minimum absolute atomic E-state index is 0.220. The number of benzene rings is 1. The Morgan fingerprint density at radius 2 is 1.96 bits per heavy atom. The van der Waals surface area contributed by atoms with Crippen molar-refractivity contribution in [1.82, 2.24) is 10.9 Å². The van der Waals surface area contributed by atoms with E-state index in [-0.39, 0.29) is 18.2 Å². The number of amides is 2. The average molecular weight is 342 g/mol. The molecule has 1 heterocycles. The maximum atomic E-state index is 12.2. The minimum atomic E-state index is -0.237. The van der Waals surface area contributed by atoms with Crippen molar-refractivity contribution in [2.24, 2.45) is 5.92 Å². The van der Waals surface area contributed by atoms with Crippen molar-refractivity contribution in [2.45, 2.75) is 39.5 Å². The van der Waals surface area contributed by atoms with Gasteiger partial charge in [-0.3, -0.25) is 20.4 Å². The molecule has 2 aromatic rings. The number of aryl methyl sites for hydroxylation is 2. The monoisotopic (exact) mass is 342 g/mol. The molecule has 5 heteroatoms. The van der Waals surface area contributed by atoms with E-state index in [1.807, 2.05) is 37.3 Å². The van der Waals surface area contributed by atoms with Gasteiger partial charge in [0.05, 0.1) is 11.3 Å². The first-order valence-corrected chi connectivity index (χ1v) is 9.09. The zero-order valence-electron chi connectivity index (χ0n) is 14.0. The largest absolute Gasteiger partial charge is 0.279 e. The predicted octanol–water partition coefficient (Wildman–Crippen LogP) is 3.19. The summed E-state index contributed by atoms with van der Waals surface area (Å²) in [7, 11) is 0. The van der Waals surface area contributed by atoms with Crippen LogP contribution in [0.1, 0.15) is 44.6 Å². The molecule has 2 amide bonds. The predicted molar refractivity (Wildman–Crippen MR) is 96.0 cm³/mol. The molecule has 2 N–H and O–H groups in total. The minimum Gasteiger partial charge on any atom is -0.273 e. The molecule has 126 valence electrons. The first-order chi connectivity index (χ1) is 11.5. The summed E-state index contributed by atoms with van der Waals surface area (Å²) in [5.41, 5.74) is 8.39. The van der Waals surface area contributed by atoms with E-state index in [2.05, 4.69) is 17.8 Å². The molecule has 0 radical (unpaired) electrons. The molecule has 1 aliphatic rings. The fourth-order valence-electron chi connectivity index (χ4n) is 2.94. The van der Waals surface area contributed by atoms with E-state index in [1.54, 1.807) is 0 Å². The lowest BCUT2D eigenvalue weighted by molar-refractivity contribution is -0.121. The number of carbonyl (C=O) groups excluding carboxylic acids is 2. The third kappa shape index (κ3) is 4.03. The summed E-state index contributed by atoms with van der Waals surface area (Å²) >= 11 is 1.54. The van der Waals surface area contributed by atoms with Crippen LogP contribution in [-0.2, 0) is 24.1 Å². The highest BCUT2D eigenvalue weighted by atomic mass is 32.1. The number of thiophene rings is 1. The second-order valence-corrected chi connectivity index (χ2v) is 7.71. The average Bonchev–Trinajstić information content (AvgIpc) is 2.98. The van der Waals surface area contributed by atoms with E-state index < -0.39 is 0 Å². The third-order valence-electron chi connectivity index (χ3n) is 4.35. The molecule has 0 spiro atoms. The van der Waals surface area contributed by atoms with Crippen molar-refractivity contribution in [1.29, 1.82) is 0 Å². The van der Waals surface area contributed by atoms with Gasteiger partial charge in [0, 0.05) is 4.88 Å². The Labute approximate surface area is 146 Å². The topological polar surface area (TPSA) is 58.2 Å². The molecule has 1 aliphatic carbocycles. The highest BCUT2D eigenvalue weighted by Gasteiger charge is 2.20. The van der Waals surface area contributed by atoms with Crippen molar-refractivity contribution in [3.05, 3.63) is 56.8 Å². The van der Waals surface area contributed by atoms with Gasteiger partial charge in [-0.05, 0) is 49.3 Å². The van der Waals surface area contributed by atoms with E-state index in [9.17, 15) is 9.59 Å². The number of rotatable bonds is 3. The SMILES string of the molecule is Cc1ccc(CC(=O)NNC(=O)c2cc3c(s2)CC[C@H](C)C3)cc1. The summed E-state index contributed by atoms with van der Waals surface area (Å²) in [5, 5.41) is 0. The van der Waals surface area contributed by atoms with Crippen LogP contribution in [0, 0.1) is 12.8 Å². The van der Waals surface area contributed by atoms with Gasteiger partial charge in [-0.15, -0.1) is 11.3 Å². The molecule has 1 atom stereocenters. The summed E-state index contributed by atoms with van der Waals surface area (Å²) < 4.78 is 0. The van der Waals surface area contributed by atoms with E-state index in [1.165, 1.54) is 28.2 Å². The Morgan fingerprint density at radius 3 is 2.71 bits per heavy atom. The van der Waals surface area contributed by atoms with Crippen LogP contribution in [0.25, 0.3) is 0 Å². The smallest absolute Gasteiger partial charge is 0.273 e. The van der Waals surface area contributed by atoms with Gasteiger partial charge < -0.3 is 0 Å². The first-order valence-electron chi connectivity index (χ1n) is 8.27. The van der Waals surface area contributed by atoms with Gasteiger partial charge in [0.2, 0.25) is 5.91 Å². The number of fused-ring (bicyclic) bond motifs is 1. The quantitative estimate of drug-likeness (QED) is 0.842. The normalized spacial score (nSPS) is 16.3. The molecule has 0 saturated heterocycles. The second kappa shape index (κ2) is 7.18. The molecule has 1 aromatic heterocycles. The Morgan fingerprint density at radius 1 is 1.21 bits per heavy atom. The molecule has 1 aromatic carbocycles. The molecule has 0 saturated carbocycles. The molecule has 3 rings (SSSR count). The molecule has 0 aliphatic heterocycles. The summed E-state index contributed by atoms with van der Waals surface area (Å²) in [6.07, 6.45) is 3.52. The Kier molecular flexibility index (Phi) is 5.00. The maximum Gasteiger partial charge on any atom is 0.279 e. The number of nitrogens with one attached hydrogen (secondary N) is 2. The molecule has 0 bridgehead atoms. The third-order valence-corrected chi connectivity index (χ3v) is 5.59. The van der Waals surface area contributed by atoms with Gasteiger partial charge in [-0.25, -0.2) is 0 Å². The van der Waals surface area contributed by atoms with Gasteiger partial charge in [-0.2, -0.15) is 0 Å². The lowest BCUT2D eigenvalue weighted by Crippen LogP contribution is -2.42. The Bertz CT molecular complexity index is 749. The zero-order chi connectivity index (χ0) is 17.1. The first kappa shape index (κ1) is 16.7. The van der Waals surface area contributed by atoms with Gasteiger partial charge in [0.15, 0.2) is 0 Å². The van der Waals surface area contributed by atoms with E-state index in [0.717, 1.165) is 24.0 Å². The van der Waals surface area contributed by atoms with Gasteiger partial charge in [-0.1, -0.05) is 36.8 Å². The fraction of sp³-hybridized carbons (Fsp3) is 0.368. The summed E-state index contributed by atoms with van der Waals surface area (Å²) in [6.45, 7) is 4.25. The fourth-order valence-corrected chi connectivity index (χ4v) is 4.04. The molecule has 4 nitrogen and oxygen atoms in total. The van der Waals surface area contributed by atoms with Crippen molar-refractivity contribution < 1.29 is 9.59 Å². The highest BCUT2D eigenvalue weighted by molar-refractivity contribution is 7.14. The van der Waals surface area contributed by atoms with E-state index in [0.29, 0.717) is 10.8 Å². The van der Waals surface area contributed by atoms with E-state index >= 15 is 0 Å². The van der Waals surface area contributed by atoms with Crippen LogP contribution >= 0.6 is 11.3 Å². The summed E-state index contributed by atoms with van der Waals surface area (Å²) in [5.74, 6) is 0.221. The number of carbonyl (C=O) groups is 2. The van der Waals surface area contributed by atoms with E-state index in [4.69, 9.17) is 0 Å². The van der Waals surface area contributed by atoms with Crippen LogP contribution in [0.2, 0.25) is 0 Å². The van der Waals surface area contributed by atoms with Crippen molar-refractivity contribution in [2.75, 3.05) is 0 Å². The van der Waals surface area contributed by atoms with Crippen LogP contribution in [0.4, 0.5) is 0 Å². The van der Waals surface area contributed by atoms with Crippen molar-refractivity contribution >= 4 is 23.2 Å². The summed E-state index contributed by atoms with van der Waals surface area (Å²) in [4.78, 5) is 26.2. The lowest BCUT2D eigenvalue weighted by Gasteiger charge is -2.16. The summed E-state index contributed by atoms with van der Waals surface area (Å²) in [6, 6.07) is 9.75. The molecular formula is C19H22N2O2S. The Balaban J connectivity index is 1.53. The van der Waals surface area contributed by atoms with Gasteiger partial charge in [0.1, 0.15) is 0 Å².